The number of sulfonamides is 1. The van der Waals surface area contributed by atoms with Gasteiger partial charge in [-0.05, 0) is 44.5 Å². The molecule has 10 nitrogen and oxygen atoms in total. The molecule has 11 heteroatoms. The molecule has 0 saturated heterocycles. The summed E-state index contributed by atoms with van der Waals surface area (Å²) in [5.41, 5.74) is 2.77. The average Bonchev–Trinajstić information content (AvgIpc) is 3.03. The zero-order chi connectivity index (χ0) is 21.2. The van der Waals surface area contributed by atoms with Gasteiger partial charge in [-0.3, -0.25) is 10.1 Å². The fourth-order valence-corrected chi connectivity index (χ4v) is 3.77. The lowest BCUT2D eigenvalue weighted by Gasteiger charge is -2.11. The van der Waals surface area contributed by atoms with Crippen molar-refractivity contribution < 1.29 is 13.2 Å². The van der Waals surface area contributed by atoms with E-state index >= 15 is 0 Å². The van der Waals surface area contributed by atoms with Crippen LogP contribution >= 0.6 is 0 Å². The van der Waals surface area contributed by atoms with Crippen LogP contribution in [0.5, 0.6) is 0 Å². The average molecular weight is 417 g/mol. The van der Waals surface area contributed by atoms with Gasteiger partial charge in [0.05, 0.1) is 10.4 Å². The Hall–Kier alpha value is -2.92. The summed E-state index contributed by atoms with van der Waals surface area (Å²) < 4.78 is 27.3. The number of anilines is 1. The van der Waals surface area contributed by atoms with E-state index in [9.17, 15) is 13.2 Å². The third-order valence-corrected chi connectivity index (χ3v) is 6.08. The van der Waals surface area contributed by atoms with Crippen molar-refractivity contribution in [1.29, 1.82) is 0 Å². The Bertz CT molecular complexity index is 1140. The van der Waals surface area contributed by atoms with Gasteiger partial charge in [-0.15, -0.1) is 5.10 Å². The fraction of sp³-hybridized carbons (Fsp3) is 0.389. The number of fused-ring (bicyclic) bond motifs is 1. The van der Waals surface area contributed by atoms with Gasteiger partial charge in [0.2, 0.25) is 21.9 Å². The molecule has 2 aromatic heterocycles. The number of aromatic nitrogens is 5. The molecule has 0 spiro atoms. The van der Waals surface area contributed by atoms with E-state index in [0.717, 1.165) is 15.7 Å². The number of carbonyl (C=O) groups is 1. The van der Waals surface area contributed by atoms with Gasteiger partial charge in [0.25, 0.3) is 0 Å². The van der Waals surface area contributed by atoms with Gasteiger partial charge in [0.15, 0.2) is 0 Å². The molecule has 1 amide bonds. The number of aryl methyl sites for hydroxylation is 3. The zero-order valence-corrected chi connectivity index (χ0v) is 17.6. The molecule has 0 bridgehead atoms. The monoisotopic (exact) mass is 417 g/mol. The Morgan fingerprint density at radius 2 is 1.83 bits per heavy atom. The molecule has 2 heterocycles. The van der Waals surface area contributed by atoms with Crippen LogP contribution in [0.4, 0.5) is 5.95 Å². The Balaban J connectivity index is 1.63. The van der Waals surface area contributed by atoms with Crippen LogP contribution in [0.15, 0.2) is 29.2 Å². The summed E-state index contributed by atoms with van der Waals surface area (Å²) in [7, 11) is -0.578. The van der Waals surface area contributed by atoms with Crippen LogP contribution < -0.4 is 5.32 Å². The van der Waals surface area contributed by atoms with E-state index in [1.807, 2.05) is 19.9 Å². The first kappa shape index (κ1) is 20.8. The number of hydrogen-bond acceptors (Lipinski definition) is 7. The van der Waals surface area contributed by atoms with E-state index in [0.29, 0.717) is 29.9 Å². The minimum absolute atomic E-state index is 0.162. The van der Waals surface area contributed by atoms with E-state index < -0.39 is 10.0 Å². The Kier molecular flexibility index (Phi) is 5.89. The molecule has 0 fully saturated rings. The third-order valence-electron chi connectivity index (χ3n) is 4.27. The van der Waals surface area contributed by atoms with Crippen LogP contribution in [-0.2, 0) is 21.4 Å². The SMILES string of the molecule is Cc1cc(C)nc(NC(=O)CCCn2nnc3cc(S(=O)(=O)N(C)C)ccc32)n1. The molecule has 0 unspecified atom stereocenters. The van der Waals surface area contributed by atoms with Crippen molar-refractivity contribution in [2.24, 2.45) is 0 Å². The van der Waals surface area contributed by atoms with Gasteiger partial charge in [0.1, 0.15) is 5.52 Å². The maximum atomic E-state index is 12.2. The van der Waals surface area contributed by atoms with Crippen LogP contribution in [0.1, 0.15) is 24.2 Å². The molecule has 3 rings (SSSR count). The normalized spacial score (nSPS) is 11.9. The second kappa shape index (κ2) is 8.21. The fourth-order valence-electron chi connectivity index (χ4n) is 2.85. The second-order valence-corrected chi connectivity index (χ2v) is 9.03. The van der Waals surface area contributed by atoms with Crippen molar-refractivity contribution in [3.05, 3.63) is 35.7 Å². The Morgan fingerprint density at radius 1 is 1.14 bits per heavy atom. The first-order valence-electron chi connectivity index (χ1n) is 9.05. The van der Waals surface area contributed by atoms with Gasteiger partial charge in [-0.1, -0.05) is 5.21 Å². The number of carbonyl (C=O) groups excluding carboxylic acids is 1. The number of benzene rings is 1. The van der Waals surface area contributed by atoms with Crippen molar-refractivity contribution in [1.82, 2.24) is 29.3 Å². The largest absolute Gasteiger partial charge is 0.295 e. The Labute approximate surface area is 169 Å². The molecule has 154 valence electrons. The third kappa shape index (κ3) is 4.74. The molecular weight excluding hydrogens is 394 g/mol. The summed E-state index contributed by atoms with van der Waals surface area (Å²) in [6.45, 7) is 4.15. The minimum atomic E-state index is -3.53. The molecule has 0 aliphatic carbocycles. The zero-order valence-electron chi connectivity index (χ0n) is 16.7. The summed E-state index contributed by atoms with van der Waals surface area (Å²) in [5, 5.41) is 10.8. The first-order valence-corrected chi connectivity index (χ1v) is 10.5. The highest BCUT2D eigenvalue weighted by Gasteiger charge is 2.18. The van der Waals surface area contributed by atoms with Crippen LogP contribution in [-0.4, -0.2) is 57.7 Å². The van der Waals surface area contributed by atoms with Gasteiger partial charge in [0, 0.05) is 38.4 Å². The smallest absolute Gasteiger partial charge is 0.242 e. The lowest BCUT2D eigenvalue weighted by molar-refractivity contribution is -0.116. The molecule has 0 radical (unpaired) electrons. The summed E-state index contributed by atoms with van der Waals surface area (Å²) in [6.07, 6.45) is 0.803. The van der Waals surface area contributed by atoms with Gasteiger partial charge < -0.3 is 0 Å². The second-order valence-electron chi connectivity index (χ2n) is 6.88. The highest BCUT2D eigenvalue weighted by atomic mass is 32.2. The molecule has 29 heavy (non-hydrogen) atoms. The quantitative estimate of drug-likeness (QED) is 0.618. The maximum Gasteiger partial charge on any atom is 0.242 e. The maximum absolute atomic E-state index is 12.2. The summed E-state index contributed by atoms with van der Waals surface area (Å²) >= 11 is 0. The van der Waals surface area contributed by atoms with Crippen molar-refractivity contribution >= 4 is 32.9 Å². The van der Waals surface area contributed by atoms with Crippen LogP contribution in [0.3, 0.4) is 0 Å². The molecule has 0 saturated carbocycles. The highest BCUT2D eigenvalue weighted by Crippen LogP contribution is 2.19. The highest BCUT2D eigenvalue weighted by molar-refractivity contribution is 7.89. The number of hydrogen-bond donors (Lipinski definition) is 1. The number of nitrogens with zero attached hydrogens (tertiary/aromatic N) is 6. The summed E-state index contributed by atoms with van der Waals surface area (Å²) in [6, 6.07) is 6.54. The minimum Gasteiger partial charge on any atom is -0.295 e. The summed E-state index contributed by atoms with van der Waals surface area (Å²) in [4.78, 5) is 20.7. The summed E-state index contributed by atoms with van der Waals surface area (Å²) in [5.74, 6) is 0.118. The lowest BCUT2D eigenvalue weighted by Crippen LogP contribution is -2.22. The molecule has 0 aliphatic rings. The molecule has 1 N–H and O–H groups in total. The van der Waals surface area contributed by atoms with E-state index in [1.54, 1.807) is 10.7 Å². The molecule has 0 atom stereocenters. The van der Waals surface area contributed by atoms with Crippen LogP contribution in [0.2, 0.25) is 0 Å². The van der Waals surface area contributed by atoms with E-state index in [1.165, 1.54) is 26.2 Å². The predicted molar refractivity (Wildman–Crippen MR) is 108 cm³/mol. The van der Waals surface area contributed by atoms with Crippen molar-refractivity contribution in [3.8, 4) is 0 Å². The number of amides is 1. The van der Waals surface area contributed by atoms with E-state index in [4.69, 9.17) is 0 Å². The molecule has 0 aliphatic heterocycles. The standard InChI is InChI=1S/C18H23N7O3S/c1-12-10-13(2)20-18(19-12)21-17(26)6-5-9-25-16-8-7-14(11-15(16)22-23-25)29(27,28)24(3)4/h7-8,10-11H,5-6,9H2,1-4H3,(H,19,20,21,26). The first-order chi connectivity index (χ1) is 13.7. The van der Waals surface area contributed by atoms with Crippen molar-refractivity contribution in [3.63, 3.8) is 0 Å². The van der Waals surface area contributed by atoms with E-state index in [-0.39, 0.29) is 17.2 Å². The molecule has 1 aromatic carbocycles. The van der Waals surface area contributed by atoms with Crippen molar-refractivity contribution in [2.45, 2.75) is 38.1 Å². The van der Waals surface area contributed by atoms with E-state index in [2.05, 4.69) is 25.6 Å². The molecule has 3 aromatic rings. The predicted octanol–water partition coefficient (Wildman–Crippen LogP) is 1.51. The number of rotatable bonds is 7. The van der Waals surface area contributed by atoms with Crippen molar-refractivity contribution in [2.75, 3.05) is 19.4 Å². The lowest BCUT2D eigenvalue weighted by atomic mass is 10.2. The van der Waals surface area contributed by atoms with Crippen LogP contribution in [0, 0.1) is 13.8 Å². The van der Waals surface area contributed by atoms with Gasteiger partial charge in [-0.2, -0.15) is 0 Å². The van der Waals surface area contributed by atoms with Gasteiger partial charge in [-0.25, -0.2) is 27.4 Å². The van der Waals surface area contributed by atoms with Gasteiger partial charge >= 0.3 is 0 Å². The van der Waals surface area contributed by atoms with Crippen LogP contribution in [0.25, 0.3) is 11.0 Å². The molecular formula is C18H23N7O3S. The Morgan fingerprint density at radius 3 is 2.48 bits per heavy atom. The topological polar surface area (TPSA) is 123 Å². The number of nitrogens with one attached hydrogen (secondary N) is 1.